The number of pyridine rings is 1. The van der Waals surface area contributed by atoms with E-state index in [0.717, 1.165) is 41.0 Å². The summed E-state index contributed by atoms with van der Waals surface area (Å²) in [5.41, 5.74) is 11.9. The van der Waals surface area contributed by atoms with Crippen molar-refractivity contribution in [2.24, 2.45) is 12.8 Å². The van der Waals surface area contributed by atoms with Crippen LogP contribution in [0.3, 0.4) is 0 Å². The zero-order valence-corrected chi connectivity index (χ0v) is 17.6. The van der Waals surface area contributed by atoms with E-state index in [1.54, 1.807) is 15.4 Å². The number of hydrogen-bond donors (Lipinski definition) is 1. The van der Waals surface area contributed by atoms with E-state index in [1.165, 1.54) is 5.56 Å². The van der Waals surface area contributed by atoms with E-state index in [-0.39, 0.29) is 0 Å². The molecule has 1 aromatic carbocycles. The van der Waals surface area contributed by atoms with Crippen LogP contribution in [0, 0.1) is 11.3 Å². The molecule has 1 saturated heterocycles. The lowest BCUT2D eigenvalue weighted by atomic mass is 9.89. The lowest BCUT2D eigenvalue weighted by Gasteiger charge is -2.42. The normalized spacial score (nSPS) is 13.7. The molecule has 0 radical (unpaired) electrons. The Morgan fingerprint density at radius 2 is 1.91 bits per heavy atom. The van der Waals surface area contributed by atoms with Gasteiger partial charge in [0.2, 0.25) is 5.91 Å². The van der Waals surface area contributed by atoms with Crippen molar-refractivity contribution < 1.29 is 4.79 Å². The number of carbonyl (C=O) groups is 1. The molecule has 8 nitrogen and oxygen atoms in total. The molecule has 158 valence electrons. The molecule has 0 atom stereocenters. The number of nitrogens with two attached hydrogens (primary N) is 1. The highest BCUT2D eigenvalue weighted by Gasteiger charge is 2.31. The Kier molecular flexibility index (Phi) is 4.52. The fourth-order valence-electron chi connectivity index (χ4n) is 4.14. The molecule has 4 heterocycles. The first-order valence-electron chi connectivity index (χ1n) is 10.2. The van der Waals surface area contributed by atoms with Gasteiger partial charge >= 0.3 is 0 Å². The molecule has 4 aromatic rings. The zero-order chi connectivity index (χ0) is 22.4. The Labute approximate surface area is 184 Å². The number of amides is 1. The Bertz CT molecular complexity index is 1400. The lowest BCUT2D eigenvalue weighted by Crippen LogP contribution is -2.45. The molecule has 0 saturated carbocycles. The standard InChI is InChI=1S/C24H21N7O/c1-15(24(26)32)16-3-5-17(6-4-16)21-12-30(13-21)22-7-18(20-10-27-29(2)11-20)14-31-23(22)19(8-25)9-28-31/h3-7,9-11,14,21H,1,12-13H2,2H3,(H2,26,32). The Balaban J connectivity index is 1.44. The molecule has 2 N–H and O–H groups in total. The van der Waals surface area contributed by atoms with Crippen molar-refractivity contribution in [3.8, 4) is 17.2 Å². The highest BCUT2D eigenvalue weighted by Crippen LogP contribution is 2.37. The van der Waals surface area contributed by atoms with Crippen LogP contribution in [0.15, 0.2) is 61.7 Å². The molecular formula is C24H21N7O. The number of carbonyl (C=O) groups excluding carboxylic acids is 1. The van der Waals surface area contributed by atoms with Gasteiger partial charge in [-0.05, 0) is 17.2 Å². The van der Waals surface area contributed by atoms with Crippen LogP contribution >= 0.6 is 0 Å². The number of fused-ring (bicyclic) bond motifs is 1. The summed E-state index contributed by atoms with van der Waals surface area (Å²) in [4.78, 5) is 13.6. The fourth-order valence-corrected chi connectivity index (χ4v) is 4.14. The van der Waals surface area contributed by atoms with Gasteiger partial charge in [-0.15, -0.1) is 0 Å². The lowest BCUT2D eigenvalue weighted by molar-refractivity contribution is -0.112. The van der Waals surface area contributed by atoms with Gasteiger partial charge in [0.15, 0.2) is 0 Å². The van der Waals surface area contributed by atoms with Crippen molar-refractivity contribution in [3.63, 3.8) is 0 Å². The third-order valence-electron chi connectivity index (χ3n) is 6.00. The van der Waals surface area contributed by atoms with Gasteiger partial charge in [0.1, 0.15) is 11.6 Å². The number of nitriles is 1. The third-order valence-corrected chi connectivity index (χ3v) is 6.00. The van der Waals surface area contributed by atoms with Crippen LogP contribution in [0.2, 0.25) is 0 Å². The largest absolute Gasteiger partial charge is 0.368 e. The van der Waals surface area contributed by atoms with Gasteiger partial charge < -0.3 is 10.6 Å². The van der Waals surface area contributed by atoms with Crippen LogP contribution in [-0.4, -0.2) is 38.4 Å². The minimum Gasteiger partial charge on any atom is -0.368 e. The summed E-state index contributed by atoms with van der Waals surface area (Å²) in [6.45, 7) is 5.37. The Morgan fingerprint density at radius 1 is 1.16 bits per heavy atom. The number of anilines is 1. The molecule has 0 bridgehead atoms. The Morgan fingerprint density at radius 3 is 2.53 bits per heavy atom. The van der Waals surface area contributed by atoms with Crippen molar-refractivity contribution in [2.75, 3.05) is 18.0 Å². The molecule has 1 amide bonds. The predicted molar refractivity (Wildman–Crippen MR) is 122 cm³/mol. The second-order valence-electron chi connectivity index (χ2n) is 8.05. The minimum atomic E-state index is -0.515. The Hall–Kier alpha value is -4.38. The summed E-state index contributed by atoms with van der Waals surface area (Å²) in [5, 5.41) is 18.2. The molecule has 0 aliphatic carbocycles. The first kappa shape index (κ1) is 19.6. The topological polar surface area (TPSA) is 105 Å². The maximum absolute atomic E-state index is 11.3. The summed E-state index contributed by atoms with van der Waals surface area (Å²) in [7, 11) is 1.88. The average Bonchev–Trinajstić information content (AvgIpc) is 3.38. The van der Waals surface area contributed by atoms with Gasteiger partial charge in [0.25, 0.3) is 0 Å². The van der Waals surface area contributed by atoms with Crippen molar-refractivity contribution in [2.45, 2.75) is 5.92 Å². The SMILES string of the molecule is C=C(C(N)=O)c1ccc(C2CN(c3cc(-c4cnn(C)c4)cn4ncc(C#N)c34)C2)cc1. The highest BCUT2D eigenvalue weighted by molar-refractivity contribution is 6.17. The molecule has 1 fully saturated rings. The van der Waals surface area contributed by atoms with E-state index >= 15 is 0 Å². The third kappa shape index (κ3) is 3.20. The van der Waals surface area contributed by atoms with E-state index in [9.17, 15) is 10.1 Å². The van der Waals surface area contributed by atoms with Gasteiger partial charge in [-0.2, -0.15) is 15.5 Å². The van der Waals surface area contributed by atoms with Crippen LogP contribution in [0.5, 0.6) is 0 Å². The number of rotatable bonds is 5. The molecule has 5 rings (SSSR count). The van der Waals surface area contributed by atoms with Crippen molar-refractivity contribution in [1.29, 1.82) is 5.26 Å². The van der Waals surface area contributed by atoms with Gasteiger partial charge in [-0.3, -0.25) is 9.48 Å². The molecule has 1 aliphatic heterocycles. The first-order chi connectivity index (χ1) is 15.4. The average molecular weight is 423 g/mol. The van der Waals surface area contributed by atoms with E-state index < -0.39 is 5.91 Å². The van der Waals surface area contributed by atoms with Gasteiger partial charge in [0, 0.05) is 55.1 Å². The number of benzene rings is 1. The van der Waals surface area contributed by atoms with Crippen LogP contribution < -0.4 is 10.6 Å². The fraction of sp³-hybridized carbons (Fsp3) is 0.167. The van der Waals surface area contributed by atoms with Gasteiger partial charge in [-0.25, -0.2) is 4.52 Å². The van der Waals surface area contributed by atoms with E-state index in [4.69, 9.17) is 5.73 Å². The quantitative estimate of drug-likeness (QED) is 0.497. The predicted octanol–water partition coefficient (Wildman–Crippen LogP) is 2.71. The van der Waals surface area contributed by atoms with Crippen molar-refractivity contribution >= 4 is 22.7 Å². The minimum absolute atomic E-state index is 0.311. The number of nitrogens with zero attached hydrogens (tertiary/aromatic N) is 6. The van der Waals surface area contributed by atoms with E-state index in [0.29, 0.717) is 17.1 Å². The number of primary amides is 1. The molecule has 0 spiro atoms. The molecular weight excluding hydrogens is 402 g/mol. The molecule has 1 aliphatic rings. The molecule has 3 aromatic heterocycles. The second-order valence-corrected chi connectivity index (χ2v) is 8.05. The summed E-state index contributed by atoms with van der Waals surface area (Å²) in [5.74, 6) is -0.166. The van der Waals surface area contributed by atoms with E-state index in [2.05, 4.69) is 33.8 Å². The maximum atomic E-state index is 11.3. The van der Waals surface area contributed by atoms with Gasteiger partial charge in [0.05, 0.1) is 23.6 Å². The summed E-state index contributed by atoms with van der Waals surface area (Å²) in [6, 6.07) is 12.2. The summed E-state index contributed by atoms with van der Waals surface area (Å²) in [6.07, 6.45) is 7.31. The highest BCUT2D eigenvalue weighted by atomic mass is 16.1. The molecule has 0 unspecified atom stereocenters. The monoisotopic (exact) mass is 423 g/mol. The second kappa shape index (κ2) is 7.39. The first-order valence-corrected chi connectivity index (χ1v) is 10.2. The van der Waals surface area contributed by atoms with Gasteiger partial charge in [-0.1, -0.05) is 30.8 Å². The van der Waals surface area contributed by atoms with Crippen molar-refractivity contribution in [3.05, 3.63) is 78.4 Å². The number of aryl methyl sites for hydroxylation is 1. The van der Waals surface area contributed by atoms with Crippen molar-refractivity contribution in [1.82, 2.24) is 19.4 Å². The molecule has 8 heteroatoms. The molecule has 32 heavy (non-hydrogen) atoms. The van der Waals surface area contributed by atoms with Crippen LogP contribution in [0.4, 0.5) is 5.69 Å². The van der Waals surface area contributed by atoms with Crippen LogP contribution in [-0.2, 0) is 11.8 Å². The van der Waals surface area contributed by atoms with Crippen LogP contribution in [0.25, 0.3) is 22.2 Å². The zero-order valence-electron chi connectivity index (χ0n) is 17.6. The number of hydrogen-bond acceptors (Lipinski definition) is 5. The maximum Gasteiger partial charge on any atom is 0.248 e. The van der Waals surface area contributed by atoms with E-state index in [1.807, 2.05) is 49.9 Å². The van der Waals surface area contributed by atoms with Crippen LogP contribution in [0.1, 0.15) is 22.6 Å². The summed E-state index contributed by atoms with van der Waals surface area (Å²) < 4.78 is 3.53. The smallest absolute Gasteiger partial charge is 0.248 e. The number of aromatic nitrogens is 4. The summed E-state index contributed by atoms with van der Waals surface area (Å²) >= 11 is 0.